The average molecular weight is 817 g/mol. The van der Waals surface area contributed by atoms with Gasteiger partial charge in [0.05, 0.1) is 16.9 Å². The molecule has 0 atom stereocenters. The van der Waals surface area contributed by atoms with Crippen LogP contribution in [0.15, 0.2) is 229 Å². The minimum Gasteiger partial charge on any atom is -0.454 e. The highest BCUT2D eigenvalue weighted by Crippen LogP contribution is 2.43. The van der Waals surface area contributed by atoms with E-state index in [9.17, 15) is 0 Å². The third-order valence-electron chi connectivity index (χ3n) is 12.7. The first-order valence-electron chi connectivity index (χ1n) is 21.8. The smallest absolute Gasteiger partial charge is 0.162 e. The number of rotatable bonds is 7. The molecule has 0 amide bonds. The molecule has 9 aromatic carbocycles. The number of benzene rings is 9. The summed E-state index contributed by atoms with van der Waals surface area (Å²) in [6, 6.07) is 79.7. The standard InChI is InChI=1S/C61H40N2O/c1-39-54(46-28-23-43(24-29-46)40-13-4-2-5-14-40)38-55(47-32-25-44(26-33-47)41-15-6-3-7-16-41)62-58(39)48-34-30-45(31-35-48)51-20-12-21-53-57-52-19-10-11-22-56(52)64-61(57)59(63-60(51)53)50-36-27-42-17-8-9-18-49(42)37-50/h2-38H,1H3. The molecule has 0 bridgehead atoms. The van der Waals surface area contributed by atoms with Crippen LogP contribution in [0.2, 0.25) is 0 Å². The molecule has 12 rings (SSSR count). The van der Waals surface area contributed by atoms with Crippen molar-refractivity contribution in [2.45, 2.75) is 6.92 Å². The van der Waals surface area contributed by atoms with Crippen LogP contribution in [0.5, 0.6) is 0 Å². The van der Waals surface area contributed by atoms with Crippen molar-refractivity contribution in [1.82, 2.24) is 9.97 Å². The van der Waals surface area contributed by atoms with Crippen molar-refractivity contribution < 1.29 is 4.42 Å². The molecular formula is C61H40N2O. The van der Waals surface area contributed by atoms with E-state index in [1.165, 1.54) is 33.0 Å². The fraction of sp³-hybridized carbons (Fsp3) is 0.0164. The summed E-state index contributed by atoms with van der Waals surface area (Å²) in [4.78, 5) is 10.9. The summed E-state index contributed by atoms with van der Waals surface area (Å²) in [6.45, 7) is 2.20. The zero-order chi connectivity index (χ0) is 42.6. The molecule has 0 fully saturated rings. The van der Waals surface area contributed by atoms with Gasteiger partial charge in [-0.2, -0.15) is 0 Å². The zero-order valence-corrected chi connectivity index (χ0v) is 35.2. The van der Waals surface area contributed by atoms with Crippen LogP contribution in [0, 0.1) is 6.92 Å². The molecule has 3 heterocycles. The van der Waals surface area contributed by atoms with Crippen LogP contribution in [-0.4, -0.2) is 9.97 Å². The van der Waals surface area contributed by atoms with Crippen LogP contribution < -0.4 is 0 Å². The quantitative estimate of drug-likeness (QED) is 0.161. The third-order valence-corrected chi connectivity index (χ3v) is 12.7. The Labute approximate surface area is 371 Å². The second-order valence-electron chi connectivity index (χ2n) is 16.5. The van der Waals surface area contributed by atoms with Gasteiger partial charge in [0.2, 0.25) is 0 Å². The Morgan fingerprint density at radius 3 is 1.58 bits per heavy atom. The van der Waals surface area contributed by atoms with E-state index in [1.54, 1.807) is 0 Å². The molecule has 0 N–H and O–H groups in total. The van der Waals surface area contributed by atoms with Gasteiger partial charge in [-0.25, -0.2) is 9.97 Å². The molecule has 3 heteroatoms. The van der Waals surface area contributed by atoms with E-state index in [0.29, 0.717) is 0 Å². The summed E-state index contributed by atoms with van der Waals surface area (Å²) in [5, 5.41) is 5.59. The van der Waals surface area contributed by atoms with E-state index in [4.69, 9.17) is 14.4 Å². The Hall–Kier alpha value is -8.40. The van der Waals surface area contributed by atoms with E-state index in [1.807, 2.05) is 12.1 Å². The predicted octanol–water partition coefficient (Wildman–Crippen LogP) is 16.7. The van der Waals surface area contributed by atoms with Gasteiger partial charge in [0.25, 0.3) is 0 Å². The predicted molar refractivity (Wildman–Crippen MR) is 267 cm³/mol. The lowest BCUT2D eigenvalue weighted by molar-refractivity contribution is 0.669. The lowest BCUT2D eigenvalue weighted by Crippen LogP contribution is -1.96. The number of hydrogen-bond donors (Lipinski definition) is 0. The van der Waals surface area contributed by atoms with Crippen molar-refractivity contribution in [3.8, 4) is 78.3 Å². The van der Waals surface area contributed by atoms with Gasteiger partial charge in [0.1, 0.15) is 11.3 Å². The Balaban J connectivity index is 0.988. The van der Waals surface area contributed by atoms with E-state index >= 15 is 0 Å². The Morgan fingerprint density at radius 2 is 0.875 bits per heavy atom. The zero-order valence-electron chi connectivity index (χ0n) is 35.2. The van der Waals surface area contributed by atoms with Crippen LogP contribution in [0.25, 0.3) is 122 Å². The Bertz CT molecular complexity index is 3680. The summed E-state index contributed by atoms with van der Waals surface area (Å²) in [5.74, 6) is 0. The normalized spacial score (nSPS) is 11.5. The SMILES string of the molecule is Cc1c(-c2ccc(-c3ccccc3)cc2)cc(-c2ccc(-c3ccccc3)cc2)nc1-c1ccc(-c2cccc3c2nc(-c2ccc4ccccc4c2)c2oc4ccccc4c23)cc1. The molecule has 12 aromatic rings. The van der Waals surface area contributed by atoms with Gasteiger partial charge in [-0.1, -0.05) is 206 Å². The van der Waals surface area contributed by atoms with Gasteiger partial charge in [-0.15, -0.1) is 0 Å². The molecule has 0 aliphatic carbocycles. The minimum absolute atomic E-state index is 0.804. The molecule has 3 nitrogen and oxygen atoms in total. The maximum absolute atomic E-state index is 6.65. The lowest BCUT2D eigenvalue weighted by atomic mass is 9.92. The summed E-state index contributed by atoms with van der Waals surface area (Å²) in [6.07, 6.45) is 0. The van der Waals surface area contributed by atoms with Gasteiger partial charge in [0, 0.05) is 38.4 Å². The largest absolute Gasteiger partial charge is 0.454 e. The van der Waals surface area contributed by atoms with Crippen LogP contribution in [0.1, 0.15) is 5.56 Å². The molecule has 0 radical (unpaired) electrons. The van der Waals surface area contributed by atoms with Gasteiger partial charge >= 0.3 is 0 Å². The van der Waals surface area contributed by atoms with Crippen LogP contribution in [0.3, 0.4) is 0 Å². The lowest BCUT2D eigenvalue weighted by Gasteiger charge is -2.16. The first kappa shape index (κ1) is 37.4. The number of aromatic nitrogens is 2. The van der Waals surface area contributed by atoms with Gasteiger partial charge in [0.15, 0.2) is 5.58 Å². The molecule has 0 aliphatic heterocycles. The topological polar surface area (TPSA) is 38.9 Å². The maximum Gasteiger partial charge on any atom is 0.162 e. The first-order chi connectivity index (χ1) is 31.6. The molecule has 0 saturated carbocycles. The first-order valence-corrected chi connectivity index (χ1v) is 21.8. The highest BCUT2D eigenvalue weighted by atomic mass is 16.3. The summed E-state index contributed by atoms with van der Waals surface area (Å²) in [7, 11) is 0. The average Bonchev–Trinajstić information content (AvgIpc) is 3.77. The molecule has 3 aromatic heterocycles. The van der Waals surface area contributed by atoms with E-state index in [0.717, 1.165) is 94.4 Å². The van der Waals surface area contributed by atoms with Crippen LogP contribution >= 0.6 is 0 Å². The summed E-state index contributed by atoms with van der Waals surface area (Å²) >= 11 is 0. The second kappa shape index (κ2) is 15.5. The molecule has 0 spiro atoms. The Kier molecular flexibility index (Phi) is 9.05. The number of hydrogen-bond acceptors (Lipinski definition) is 3. The van der Waals surface area contributed by atoms with Gasteiger partial charge in [-0.05, 0) is 80.4 Å². The molecule has 300 valence electrons. The van der Waals surface area contributed by atoms with Crippen LogP contribution in [0.4, 0.5) is 0 Å². The molecule has 0 unspecified atom stereocenters. The Morgan fingerprint density at radius 1 is 0.344 bits per heavy atom. The number of para-hydroxylation sites is 2. The van der Waals surface area contributed by atoms with Crippen molar-refractivity contribution >= 4 is 43.6 Å². The van der Waals surface area contributed by atoms with E-state index in [-0.39, 0.29) is 0 Å². The van der Waals surface area contributed by atoms with Gasteiger partial charge < -0.3 is 4.42 Å². The minimum atomic E-state index is 0.804. The number of pyridine rings is 2. The van der Waals surface area contributed by atoms with Crippen molar-refractivity contribution in [1.29, 1.82) is 0 Å². The van der Waals surface area contributed by atoms with Gasteiger partial charge in [-0.3, -0.25) is 0 Å². The summed E-state index contributed by atoms with van der Waals surface area (Å²) < 4.78 is 6.65. The third kappa shape index (κ3) is 6.54. The fourth-order valence-corrected chi connectivity index (χ4v) is 9.36. The summed E-state index contributed by atoms with van der Waals surface area (Å²) in [5.41, 5.74) is 18.8. The van der Waals surface area contributed by atoms with Crippen molar-refractivity contribution in [3.05, 3.63) is 230 Å². The van der Waals surface area contributed by atoms with E-state index < -0.39 is 0 Å². The number of fused-ring (bicyclic) bond motifs is 6. The molecule has 0 aliphatic rings. The second-order valence-corrected chi connectivity index (χ2v) is 16.5. The highest BCUT2D eigenvalue weighted by molar-refractivity contribution is 6.22. The molecule has 0 saturated heterocycles. The monoisotopic (exact) mass is 816 g/mol. The van der Waals surface area contributed by atoms with E-state index in [2.05, 4.69) is 219 Å². The molecular weight excluding hydrogens is 777 g/mol. The highest BCUT2D eigenvalue weighted by Gasteiger charge is 2.21. The van der Waals surface area contributed by atoms with Crippen molar-refractivity contribution in [2.75, 3.05) is 0 Å². The van der Waals surface area contributed by atoms with Crippen molar-refractivity contribution in [2.24, 2.45) is 0 Å². The van der Waals surface area contributed by atoms with Crippen LogP contribution in [-0.2, 0) is 0 Å². The van der Waals surface area contributed by atoms with Crippen molar-refractivity contribution in [3.63, 3.8) is 0 Å². The fourth-order valence-electron chi connectivity index (χ4n) is 9.36. The molecule has 64 heavy (non-hydrogen) atoms. The number of nitrogens with zero attached hydrogens (tertiary/aromatic N) is 2. The maximum atomic E-state index is 6.65. The number of furan rings is 1.